The van der Waals surface area contributed by atoms with Gasteiger partial charge in [-0.3, -0.25) is 14.0 Å². The molecule has 5 nitrogen and oxygen atoms in total. The number of hydrogen-bond acceptors (Lipinski definition) is 5. The molecule has 0 aliphatic heterocycles. The van der Waals surface area contributed by atoms with Crippen molar-refractivity contribution in [2.45, 2.75) is 20.8 Å². The second kappa shape index (κ2) is 5.99. The molecule has 0 fully saturated rings. The van der Waals surface area contributed by atoms with Crippen LogP contribution in [-0.2, 0) is 13.6 Å². The van der Waals surface area contributed by atoms with Gasteiger partial charge in [0.05, 0.1) is 19.4 Å². The fourth-order valence-electron chi connectivity index (χ4n) is 1.04. The highest BCUT2D eigenvalue weighted by Crippen LogP contribution is 2.49. The van der Waals surface area contributed by atoms with Crippen molar-refractivity contribution in [3.05, 3.63) is 24.0 Å². The monoisotopic (exact) mass is 245 g/mol. The number of phosphoric acid groups is 1. The average Bonchev–Trinajstić information content (AvgIpc) is 2.22. The van der Waals surface area contributed by atoms with Crippen molar-refractivity contribution in [3.8, 4) is 5.75 Å². The van der Waals surface area contributed by atoms with Crippen LogP contribution < -0.4 is 4.52 Å². The largest absolute Gasteiger partial charge is 0.530 e. The van der Waals surface area contributed by atoms with Gasteiger partial charge in [0.1, 0.15) is 5.75 Å². The summed E-state index contributed by atoms with van der Waals surface area (Å²) in [5.74, 6) is 0.371. The number of pyridine rings is 1. The van der Waals surface area contributed by atoms with Gasteiger partial charge >= 0.3 is 7.82 Å². The minimum Gasteiger partial charge on any atom is -0.402 e. The summed E-state index contributed by atoms with van der Waals surface area (Å²) in [7, 11) is -3.50. The van der Waals surface area contributed by atoms with E-state index in [-0.39, 0.29) is 13.2 Å². The molecule has 1 rings (SSSR count). The van der Waals surface area contributed by atoms with Gasteiger partial charge in [0.25, 0.3) is 0 Å². The van der Waals surface area contributed by atoms with Crippen LogP contribution in [0.5, 0.6) is 5.75 Å². The van der Waals surface area contributed by atoms with Crippen LogP contribution in [0, 0.1) is 6.92 Å². The maximum Gasteiger partial charge on any atom is 0.530 e. The zero-order valence-electron chi connectivity index (χ0n) is 9.67. The van der Waals surface area contributed by atoms with Crippen molar-refractivity contribution in [1.82, 2.24) is 4.98 Å². The number of phosphoric ester groups is 1. The van der Waals surface area contributed by atoms with E-state index in [0.717, 1.165) is 5.69 Å². The van der Waals surface area contributed by atoms with Gasteiger partial charge in [-0.2, -0.15) is 0 Å². The van der Waals surface area contributed by atoms with Gasteiger partial charge in [0, 0.05) is 5.69 Å². The molecule has 0 N–H and O–H groups in total. The van der Waals surface area contributed by atoms with E-state index in [1.54, 1.807) is 26.0 Å². The summed E-state index contributed by atoms with van der Waals surface area (Å²) in [5, 5.41) is 0. The predicted molar refractivity (Wildman–Crippen MR) is 60.5 cm³/mol. The number of aryl methyl sites for hydroxylation is 1. The summed E-state index contributed by atoms with van der Waals surface area (Å²) in [4.78, 5) is 4.03. The molecular formula is C10H16NO4P. The molecule has 0 saturated carbocycles. The van der Waals surface area contributed by atoms with Crippen molar-refractivity contribution < 1.29 is 18.1 Å². The lowest BCUT2D eigenvalue weighted by atomic mass is 10.4. The Morgan fingerprint density at radius 2 is 1.88 bits per heavy atom. The molecule has 0 unspecified atom stereocenters. The zero-order chi connectivity index (χ0) is 12.0. The van der Waals surface area contributed by atoms with Crippen molar-refractivity contribution in [2.24, 2.45) is 0 Å². The van der Waals surface area contributed by atoms with E-state index in [4.69, 9.17) is 13.6 Å². The third-order valence-corrected chi connectivity index (χ3v) is 3.26. The Bertz CT molecular complexity index is 356. The van der Waals surface area contributed by atoms with Crippen LogP contribution in [0.1, 0.15) is 19.5 Å². The summed E-state index contributed by atoms with van der Waals surface area (Å²) in [6.45, 7) is 5.83. The van der Waals surface area contributed by atoms with E-state index in [0.29, 0.717) is 5.75 Å². The molecule has 0 bridgehead atoms. The van der Waals surface area contributed by atoms with Crippen LogP contribution in [-0.4, -0.2) is 18.2 Å². The lowest BCUT2D eigenvalue weighted by molar-refractivity contribution is 0.167. The maximum absolute atomic E-state index is 12.0. The fraction of sp³-hybridized carbons (Fsp3) is 0.500. The molecule has 1 aromatic rings. The van der Waals surface area contributed by atoms with E-state index < -0.39 is 7.82 Å². The van der Waals surface area contributed by atoms with Gasteiger partial charge in [0.2, 0.25) is 0 Å². The van der Waals surface area contributed by atoms with E-state index in [1.807, 2.05) is 6.92 Å². The van der Waals surface area contributed by atoms with Gasteiger partial charge < -0.3 is 4.52 Å². The molecule has 0 saturated heterocycles. The number of nitrogens with zero attached hydrogens (tertiary/aromatic N) is 1. The number of aromatic nitrogens is 1. The quantitative estimate of drug-likeness (QED) is 0.721. The molecule has 0 atom stereocenters. The molecule has 0 aliphatic rings. The molecule has 0 aromatic carbocycles. The predicted octanol–water partition coefficient (Wildman–Crippen LogP) is 2.95. The SMILES string of the molecule is CCOP(=O)(OCC)Oc1ccc(C)nc1. The van der Waals surface area contributed by atoms with Crippen LogP contribution in [0.15, 0.2) is 18.3 Å². The Labute approximate surface area is 95.4 Å². The van der Waals surface area contributed by atoms with E-state index in [9.17, 15) is 4.57 Å². The number of hydrogen-bond donors (Lipinski definition) is 0. The molecule has 0 amide bonds. The first-order chi connectivity index (χ1) is 7.59. The average molecular weight is 245 g/mol. The first-order valence-corrected chi connectivity index (χ1v) is 6.57. The molecule has 0 spiro atoms. The Hall–Kier alpha value is -0.900. The summed E-state index contributed by atoms with van der Waals surface area (Å²) >= 11 is 0. The Morgan fingerprint density at radius 1 is 1.25 bits per heavy atom. The standard InChI is InChI=1S/C10H16NO4P/c1-4-13-16(12,14-5-2)15-10-7-6-9(3)11-8-10/h6-8H,4-5H2,1-3H3. The van der Waals surface area contributed by atoms with Gasteiger partial charge in [-0.1, -0.05) is 0 Å². The highest BCUT2D eigenvalue weighted by molar-refractivity contribution is 7.48. The van der Waals surface area contributed by atoms with Gasteiger partial charge in [-0.15, -0.1) is 0 Å². The smallest absolute Gasteiger partial charge is 0.402 e. The van der Waals surface area contributed by atoms with Crippen LogP contribution in [0.2, 0.25) is 0 Å². The maximum atomic E-state index is 12.0. The Kier molecular flexibility index (Phi) is 4.93. The van der Waals surface area contributed by atoms with E-state index in [1.165, 1.54) is 6.20 Å². The highest BCUT2D eigenvalue weighted by atomic mass is 31.2. The van der Waals surface area contributed by atoms with Crippen LogP contribution in [0.25, 0.3) is 0 Å². The number of rotatable bonds is 6. The van der Waals surface area contributed by atoms with Crippen LogP contribution in [0.4, 0.5) is 0 Å². The first kappa shape index (κ1) is 13.2. The molecular weight excluding hydrogens is 229 g/mol. The topological polar surface area (TPSA) is 57.7 Å². The summed E-state index contributed by atoms with van der Waals surface area (Å²) in [5.41, 5.74) is 0.856. The van der Waals surface area contributed by atoms with Crippen LogP contribution >= 0.6 is 7.82 Å². The summed E-state index contributed by atoms with van der Waals surface area (Å²) in [6.07, 6.45) is 1.49. The molecule has 6 heteroatoms. The Balaban J connectivity index is 2.75. The lowest BCUT2D eigenvalue weighted by Gasteiger charge is -2.16. The molecule has 1 aromatic heterocycles. The normalized spacial score (nSPS) is 11.4. The van der Waals surface area contributed by atoms with E-state index in [2.05, 4.69) is 4.98 Å². The highest BCUT2D eigenvalue weighted by Gasteiger charge is 2.27. The minimum absolute atomic E-state index is 0.260. The summed E-state index contributed by atoms with van der Waals surface area (Å²) in [6, 6.07) is 3.44. The van der Waals surface area contributed by atoms with Crippen molar-refractivity contribution >= 4 is 7.82 Å². The molecule has 90 valence electrons. The van der Waals surface area contributed by atoms with Gasteiger partial charge in [-0.05, 0) is 32.9 Å². The Morgan fingerprint density at radius 3 is 2.31 bits per heavy atom. The first-order valence-electron chi connectivity index (χ1n) is 5.11. The van der Waals surface area contributed by atoms with Crippen LogP contribution in [0.3, 0.4) is 0 Å². The lowest BCUT2D eigenvalue weighted by Crippen LogP contribution is -2.02. The van der Waals surface area contributed by atoms with E-state index >= 15 is 0 Å². The zero-order valence-corrected chi connectivity index (χ0v) is 10.6. The fourth-order valence-corrected chi connectivity index (χ4v) is 2.22. The molecule has 0 aliphatic carbocycles. The summed E-state index contributed by atoms with van der Waals surface area (Å²) < 4.78 is 27.1. The van der Waals surface area contributed by atoms with Crippen molar-refractivity contribution in [1.29, 1.82) is 0 Å². The third kappa shape index (κ3) is 3.93. The molecule has 0 radical (unpaired) electrons. The minimum atomic E-state index is -3.50. The molecule has 1 heterocycles. The van der Waals surface area contributed by atoms with Gasteiger partial charge in [-0.25, -0.2) is 4.57 Å². The second-order valence-electron chi connectivity index (χ2n) is 3.01. The molecule has 16 heavy (non-hydrogen) atoms. The second-order valence-corrected chi connectivity index (χ2v) is 4.60. The van der Waals surface area contributed by atoms with Gasteiger partial charge in [0.15, 0.2) is 0 Å². The third-order valence-electron chi connectivity index (χ3n) is 1.68. The van der Waals surface area contributed by atoms with Crippen molar-refractivity contribution in [2.75, 3.05) is 13.2 Å². The van der Waals surface area contributed by atoms with Crippen molar-refractivity contribution in [3.63, 3.8) is 0 Å².